The minimum atomic E-state index is -1.85. The van der Waals surface area contributed by atoms with Crippen molar-refractivity contribution in [3.63, 3.8) is 0 Å². The van der Waals surface area contributed by atoms with Gasteiger partial charge in [-0.05, 0) is 54.8 Å². The van der Waals surface area contributed by atoms with Crippen LogP contribution in [0.4, 0.5) is 5.69 Å². The Labute approximate surface area is 237 Å². The number of hydrogen-bond acceptors (Lipinski definition) is 5. The van der Waals surface area contributed by atoms with Crippen LogP contribution in [0.5, 0.6) is 0 Å². The lowest BCUT2D eigenvalue weighted by Gasteiger charge is -2.24. The van der Waals surface area contributed by atoms with Crippen molar-refractivity contribution in [2.45, 2.75) is 31.7 Å². The van der Waals surface area contributed by atoms with Gasteiger partial charge in [0.25, 0.3) is 11.8 Å². The molecular weight excluding hydrogens is 540 g/mol. The van der Waals surface area contributed by atoms with E-state index in [2.05, 4.69) is 22.5 Å². The number of amides is 3. The van der Waals surface area contributed by atoms with E-state index in [9.17, 15) is 24.4 Å². The van der Waals surface area contributed by atoms with Crippen molar-refractivity contribution >= 4 is 53.7 Å². The molecule has 39 heavy (non-hydrogen) atoms. The minimum absolute atomic E-state index is 0.0200. The first-order valence-electron chi connectivity index (χ1n) is 12.1. The third-order valence-electron chi connectivity index (χ3n) is 5.79. The van der Waals surface area contributed by atoms with Crippen LogP contribution in [0.3, 0.4) is 0 Å². The van der Waals surface area contributed by atoms with Crippen LogP contribution in [0.25, 0.3) is 0 Å². The molecule has 0 saturated heterocycles. The smallest absolute Gasteiger partial charge is 0.426 e. The van der Waals surface area contributed by atoms with Gasteiger partial charge in [-0.25, -0.2) is 0 Å². The number of benzene rings is 3. The largest absolute Gasteiger partial charge is 0.475 e. The zero-order valence-electron chi connectivity index (χ0n) is 21.2. The number of carbonyl (C=O) groups excluding carboxylic acids is 3. The van der Waals surface area contributed by atoms with Crippen LogP contribution in [0.2, 0.25) is 10.0 Å². The van der Waals surface area contributed by atoms with Gasteiger partial charge < -0.3 is 26.0 Å². The second kappa shape index (κ2) is 14.0. The lowest BCUT2D eigenvalue weighted by molar-refractivity contribution is -0.123. The second-order valence-corrected chi connectivity index (χ2v) is 9.85. The molecule has 8 nitrogen and oxygen atoms in total. The van der Waals surface area contributed by atoms with E-state index in [-0.39, 0.29) is 34.4 Å². The van der Waals surface area contributed by atoms with Crippen molar-refractivity contribution in [2.24, 2.45) is 0 Å². The number of anilines is 1. The zero-order chi connectivity index (χ0) is 28.5. The highest BCUT2D eigenvalue weighted by Gasteiger charge is 2.30. The van der Waals surface area contributed by atoms with Crippen molar-refractivity contribution in [1.29, 1.82) is 0 Å². The van der Waals surface area contributed by atoms with E-state index < -0.39 is 30.9 Å². The predicted molar refractivity (Wildman–Crippen MR) is 154 cm³/mol. The Morgan fingerprint density at radius 3 is 2.26 bits per heavy atom. The lowest BCUT2D eigenvalue weighted by Crippen LogP contribution is -2.55. The first-order chi connectivity index (χ1) is 18.5. The van der Waals surface area contributed by atoms with E-state index in [1.807, 2.05) is 6.07 Å². The fourth-order valence-corrected chi connectivity index (χ4v) is 4.12. The highest BCUT2D eigenvalue weighted by molar-refractivity contribution is 6.43. The van der Waals surface area contributed by atoms with Crippen molar-refractivity contribution in [2.75, 3.05) is 5.32 Å². The molecule has 3 aromatic rings. The van der Waals surface area contributed by atoms with Crippen LogP contribution >= 0.6 is 23.2 Å². The van der Waals surface area contributed by atoms with Crippen molar-refractivity contribution < 1.29 is 24.4 Å². The van der Waals surface area contributed by atoms with Gasteiger partial charge in [0, 0.05) is 22.7 Å². The molecule has 0 aromatic heterocycles. The van der Waals surface area contributed by atoms with E-state index in [1.165, 1.54) is 18.2 Å². The van der Waals surface area contributed by atoms with E-state index in [0.29, 0.717) is 16.8 Å². The summed E-state index contributed by atoms with van der Waals surface area (Å²) >= 11 is 12.2. The molecule has 0 spiro atoms. The SMILES string of the molecule is C=C(C)C(=O)Nc1cccc(CC(NC(=O)c2cc(Cl)ccc2Cl)C(=O)NC(Cc2ccccc2)B(O)O)c1. The average molecular weight is 568 g/mol. The second-order valence-electron chi connectivity index (χ2n) is 9.01. The van der Waals surface area contributed by atoms with Crippen LogP contribution in [-0.2, 0) is 22.4 Å². The molecule has 11 heteroatoms. The molecular formula is C28H28BCl2N3O5. The van der Waals surface area contributed by atoms with Gasteiger partial charge in [0.05, 0.1) is 16.5 Å². The molecule has 0 aliphatic rings. The fraction of sp³-hybridized carbons (Fsp3) is 0.179. The molecule has 0 bridgehead atoms. The van der Waals surface area contributed by atoms with E-state index >= 15 is 0 Å². The Morgan fingerprint density at radius 2 is 1.59 bits per heavy atom. The molecule has 0 aliphatic heterocycles. The predicted octanol–water partition coefficient (Wildman–Crippen LogP) is 3.59. The van der Waals surface area contributed by atoms with Crippen LogP contribution in [0, 0.1) is 0 Å². The van der Waals surface area contributed by atoms with Gasteiger partial charge in [-0.15, -0.1) is 0 Å². The van der Waals surface area contributed by atoms with E-state index in [4.69, 9.17) is 23.2 Å². The Kier molecular flexibility index (Phi) is 10.7. The van der Waals surface area contributed by atoms with E-state index in [1.54, 1.807) is 55.5 Å². The van der Waals surface area contributed by atoms with Crippen molar-refractivity contribution in [3.05, 3.63) is 112 Å². The number of rotatable bonds is 11. The molecule has 3 rings (SSSR count). The number of nitrogens with one attached hydrogen (secondary N) is 3. The molecule has 3 aromatic carbocycles. The highest BCUT2D eigenvalue weighted by atomic mass is 35.5. The van der Waals surface area contributed by atoms with Crippen LogP contribution < -0.4 is 16.0 Å². The standard InChI is InChI=1S/C28H28BCl2N3O5/c1-17(2)26(35)32-21-10-6-9-19(13-21)14-24(33-27(36)22-16-20(30)11-12-23(22)31)28(37)34-25(29(38)39)15-18-7-4-3-5-8-18/h3-13,16,24-25,38-39H,1,14-15H2,2H3,(H,32,35)(H,33,36)(H,34,37). The summed E-state index contributed by atoms with van der Waals surface area (Å²) in [4.78, 5) is 38.6. The quantitative estimate of drug-likeness (QED) is 0.179. The molecule has 0 aliphatic carbocycles. The van der Waals surface area contributed by atoms with Gasteiger partial charge in [0.15, 0.2) is 0 Å². The number of carbonyl (C=O) groups is 3. The molecule has 0 heterocycles. The third kappa shape index (κ3) is 8.97. The summed E-state index contributed by atoms with van der Waals surface area (Å²) in [6.45, 7) is 5.20. The first-order valence-corrected chi connectivity index (χ1v) is 12.8. The molecule has 2 unspecified atom stereocenters. The van der Waals surface area contributed by atoms with Gasteiger partial charge in [0.2, 0.25) is 5.91 Å². The summed E-state index contributed by atoms with van der Waals surface area (Å²) in [5.41, 5.74) is 2.29. The summed E-state index contributed by atoms with van der Waals surface area (Å²) in [5.74, 6) is -2.69. The monoisotopic (exact) mass is 567 g/mol. The van der Waals surface area contributed by atoms with Crippen LogP contribution in [0.1, 0.15) is 28.4 Å². The summed E-state index contributed by atoms with van der Waals surface area (Å²) in [7, 11) is -1.85. The van der Waals surface area contributed by atoms with Crippen molar-refractivity contribution in [3.8, 4) is 0 Å². The first kappa shape index (κ1) is 29.9. The minimum Gasteiger partial charge on any atom is -0.426 e. The van der Waals surface area contributed by atoms with Gasteiger partial charge in [0.1, 0.15) is 6.04 Å². The molecule has 3 amide bonds. The summed E-state index contributed by atoms with van der Waals surface area (Å²) in [5, 5.41) is 28.4. The molecule has 5 N–H and O–H groups in total. The molecule has 0 saturated carbocycles. The molecule has 0 fully saturated rings. The number of hydrogen-bond donors (Lipinski definition) is 5. The molecule has 2 atom stereocenters. The van der Waals surface area contributed by atoms with Gasteiger partial charge in [-0.2, -0.15) is 0 Å². The number of halogens is 2. The van der Waals surface area contributed by atoms with Gasteiger partial charge >= 0.3 is 7.12 Å². The van der Waals surface area contributed by atoms with E-state index in [0.717, 1.165) is 5.56 Å². The maximum absolute atomic E-state index is 13.4. The Morgan fingerprint density at radius 1 is 0.897 bits per heavy atom. The topological polar surface area (TPSA) is 128 Å². The normalized spacial score (nSPS) is 12.1. The highest BCUT2D eigenvalue weighted by Crippen LogP contribution is 2.21. The Hall–Kier alpha value is -3.63. The molecule has 0 radical (unpaired) electrons. The maximum atomic E-state index is 13.4. The van der Waals surface area contributed by atoms with Crippen molar-refractivity contribution in [1.82, 2.24) is 10.6 Å². The van der Waals surface area contributed by atoms with Crippen LogP contribution in [-0.4, -0.2) is 46.9 Å². The molecule has 202 valence electrons. The summed E-state index contributed by atoms with van der Waals surface area (Å²) < 4.78 is 0. The maximum Gasteiger partial charge on any atom is 0.475 e. The summed E-state index contributed by atoms with van der Waals surface area (Å²) in [6, 6.07) is 19.1. The zero-order valence-corrected chi connectivity index (χ0v) is 22.7. The Balaban J connectivity index is 1.86. The summed E-state index contributed by atoms with van der Waals surface area (Å²) in [6.07, 6.45) is 0.166. The third-order valence-corrected chi connectivity index (χ3v) is 6.36. The van der Waals surface area contributed by atoms with Gasteiger partial charge in [-0.3, -0.25) is 14.4 Å². The van der Waals surface area contributed by atoms with Gasteiger partial charge in [-0.1, -0.05) is 72.2 Å². The fourth-order valence-electron chi connectivity index (χ4n) is 3.75. The van der Waals surface area contributed by atoms with Crippen LogP contribution in [0.15, 0.2) is 84.9 Å². The average Bonchev–Trinajstić information content (AvgIpc) is 2.89. The lowest BCUT2D eigenvalue weighted by atomic mass is 9.75. The Bertz CT molecular complexity index is 1350.